The Labute approximate surface area is 157 Å². The van der Waals surface area contributed by atoms with E-state index in [1.807, 2.05) is 0 Å². The summed E-state index contributed by atoms with van der Waals surface area (Å²) in [6, 6.07) is 2.65. The molecule has 2 aliphatic rings. The molecule has 1 nitrogen and oxygen atoms in total. The minimum atomic E-state index is -0.849. The lowest BCUT2D eigenvalue weighted by molar-refractivity contribution is 0.155. The molecule has 0 saturated heterocycles. The summed E-state index contributed by atoms with van der Waals surface area (Å²) in [6.07, 6.45) is 15.5. The fraction of sp³-hybridized carbons (Fsp3) is 0.739. The lowest BCUT2D eigenvalue weighted by Gasteiger charge is -2.38. The largest absolute Gasteiger partial charge is 0.503 e. The molecule has 0 unspecified atom stereocenters. The second kappa shape index (κ2) is 9.19. The van der Waals surface area contributed by atoms with Crippen molar-refractivity contribution in [3.8, 4) is 5.75 Å². The predicted molar refractivity (Wildman–Crippen MR) is 102 cm³/mol. The van der Waals surface area contributed by atoms with E-state index >= 15 is 0 Å². The number of rotatable bonds is 6. The molecule has 0 radical (unpaired) electrons. The highest BCUT2D eigenvalue weighted by molar-refractivity contribution is 5.32. The minimum absolute atomic E-state index is 0.237. The summed E-state index contributed by atoms with van der Waals surface area (Å²) in [5, 5.41) is 9.28. The number of aromatic hydroxyl groups is 1. The molecule has 146 valence electrons. The highest BCUT2D eigenvalue weighted by Gasteiger charge is 2.31. The van der Waals surface area contributed by atoms with Gasteiger partial charge in [-0.25, -0.2) is 8.78 Å². The van der Waals surface area contributed by atoms with Gasteiger partial charge in [-0.2, -0.15) is 0 Å². The molecule has 26 heavy (non-hydrogen) atoms. The first-order chi connectivity index (χ1) is 12.6. The number of hydrogen-bond donors (Lipinski definition) is 1. The standard InChI is InChI=1S/C23H34F2O/c1-2-3-4-5-16-6-8-17(9-7-16)18-10-12-19(13-11-18)20-14-21(24)23(26)22(25)15-20/h14-19,26H,2-13H2,1H3. The Bertz CT molecular complexity index is 547. The van der Waals surface area contributed by atoms with Crippen LogP contribution in [0.5, 0.6) is 5.75 Å². The maximum Gasteiger partial charge on any atom is 0.187 e. The van der Waals surface area contributed by atoms with Gasteiger partial charge in [-0.3, -0.25) is 0 Å². The van der Waals surface area contributed by atoms with Gasteiger partial charge in [0, 0.05) is 0 Å². The fourth-order valence-electron chi connectivity index (χ4n) is 5.38. The average Bonchev–Trinajstić information content (AvgIpc) is 2.67. The average molecular weight is 365 g/mol. The van der Waals surface area contributed by atoms with Crippen LogP contribution >= 0.6 is 0 Å². The van der Waals surface area contributed by atoms with E-state index in [2.05, 4.69) is 6.92 Å². The Balaban J connectivity index is 1.46. The highest BCUT2D eigenvalue weighted by Crippen LogP contribution is 2.45. The van der Waals surface area contributed by atoms with E-state index in [1.54, 1.807) is 0 Å². The molecule has 0 amide bonds. The van der Waals surface area contributed by atoms with E-state index in [4.69, 9.17) is 0 Å². The summed E-state index contributed by atoms with van der Waals surface area (Å²) in [7, 11) is 0. The monoisotopic (exact) mass is 364 g/mol. The molecule has 0 spiro atoms. The van der Waals surface area contributed by atoms with Crippen LogP contribution in [-0.2, 0) is 0 Å². The van der Waals surface area contributed by atoms with Crippen molar-refractivity contribution < 1.29 is 13.9 Å². The zero-order valence-corrected chi connectivity index (χ0v) is 16.2. The molecule has 0 atom stereocenters. The minimum Gasteiger partial charge on any atom is -0.503 e. The number of phenolic OH excluding ortho intramolecular Hbond substituents is 1. The van der Waals surface area contributed by atoms with Gasteiger partial charge in [0.25, 0.3) is 0 Å². The molecule has 0 bridgehead atoms. The summed E-state index contributed by atoms with van der Waals surface area (Å²) in [4.78, 5) is 0. The van der Waals surface area contributed by atoms with Gasteiger partial charge >= 0.3 is 0 Å². The summed E-state index contributed by atoms with van der Waals surface area (Å²) < 4.78 is 27.2. The lowest BCUT2D eigenvalue weighted by Crippen LogP contribution is -2.25. The van der Waals surface area contributed by atoms with Gasteiger partial charge in [0.05, 0.1) is 0 Å². The van der Waals surface area contributed by atoms with Gasteiger partial charge in [-0.1, -0.05) is 45.4 Å². The van der Waals surface area contributed by atoms with Crippen LogP contribution in [0.15, 0.2) is 12.1 Å². The molecule has 0 aliphatic heterocycles. The van der Waals surface area contributed by atoms with E-state index in [0.717, 1.165) is 36.2 Å². The first kappa shape index (κ1) is 19.6. The lowest BCUT2D eigenvalue weighted by atomic mass is 9.68. The zero-order valence-electron chi connectivity index (χ0n) is 16.2. The van der Waals surface area contributed by atoms with Crippen LogP contribution in [0.4, 0.5) is 8.78 Å². The molecular formula is C23H34F2O. The van der Waals surface area contributed by atoms with Crippen molar-refractivity contribution in [2.45, 2.75) is 89.9 Å². The maximum absolute atomic E-state index is 13.6. The van der Waals surface area contributed by atoms with E-state index in [9.17, 15) is 13.9 Å². The van der Waals surface area contributed by atoms with Gasteiger partial charge in [-0.05, 0) is 79.9 Å². The van der Waals surface area contributed by atoms with Crippen LogP contribution in [0, 0.1) is 29.4 Å². The van der Waals surface area contributed by atoms with Crippen molar-refractivity contribution in [3.63, 3.8) is 0 Å². The second-order valence-corrected chi connectivity index (χ2v) is 8.72. The van der Waals surface area contributed by atoms with Crippen molar-refractivity contribution >= 4 is 0 Å². The Kier molecular flexibility index (Phi) is 6.94. The van der Waals surface area contributed by atoms with E-state index < -0.39 is 17.4 Å². The number of unbranched alkanes of at least 4 members (excludes halogenated alkanes) is 2. The summed E-state index contributed by atoms with van der Waals surface area (Å²) in [5.41, 5.74) is 0.718. The summed E-state index contributed by atoms with van der Waals surface area (Å²) in [6.45, 7) is 2.27. The molecule has 2 aliphatic carbocycles. The number of phenols is 1. The van der Waals surface area contributed by atoms with E-state index in [1.165, 1.54) is 76.3 Å². The van der Waals surface area contributed by atoms with Crippen LogP contribution in [0.2, 0.25) is 0 Å². The van der Waals surface area contributed by atoms with E-state index in [0.29, 0.717) is 0 Å². The normalized spacial score (nSPS) is 29.7. The molecular weight excluding hydrogens is 330 g/mol. The van der Waals surface area contributed by atoms with Crippen LogP contribution in [0.25, 0.3) is 0 Å². The highest BCUT2D eigenvalue weighted by atomic mass is 19.1. The molecule has 0 aromatic heterocycles. The third kappa shape index (κ3) is 4.78. The van der Waals surface area contributed by atoms with Crippen LogP contribution in [-0.4, -0.2) is 5.11 Å². The Hall–Kier alpha value is -1.12. The van der Waals surface area contributed by atoms with Crippen molar-refractivity contribution in [2.75, 3.05) is 0 Å². The van der Waals surface area contributed by atoms with Gasteiger partial charge in [0.1, 0.15) is 0 Å². The summed E-state index contributed by atoms with van der Waals surface area (Å²) in [5.74, 6) is 0.352. The van der Waals surface area contributed by atoms with Crippen molar-refractivity contribution in [1.29, 1.82) is 0 Å². The third-order valence-electron chi connectivity index (χ3n) is 7.06. The summed E-state index contributed by atoms with van der Waals surface area (Å²) >= 11 is 0. The van der Waals surface area contributed by atoms with E-state index in [-0.39, 0.29) is 5.92 Å². The topological polar surface area (TPSA) is 20.2 Å². The SMILES string of the molecule is CCCCCC1CCC(C2CCC(c3cc(F)c(O)c(F)c3)CC2)CC1. The first-order valence-electron chi connectivity index (χ1n) is 10.8. The molecule has 2 saturated carbocycles. The van der Waals surface area contributed by atoms with Crippen molar-refractivity contribution in [2.24, 2.45) is 17.8 Å². The third-order valence-corrected chi connectivity index (χ3v) is 7.06. The van der Waals surface area contributed by atoms with Gasteiger partial charge in [0.2, 0.25) is 0 Å². The number of halogens is 2. The van der Waals surface area contributed by atoms with Gasteiger partial charge < -0.3 is 5.11 Å². The van der Waals surface area contributed by atoms with Crippen molar-refractivity contribution in [1.82, 2.24) is 0 Å². The number of hydrogen-bond acceptors (Lipinski definition) is 1. The molecule has 3 heteroatoms. The number of benzene rings is 1. The van der Waals surface area contributed by atoms with Gasteiger partial charge in [0.15, 0.2) is 17.4 Å². The molecule has 1 N–H and O–H groups in total. The second-order valence-electron chi connectivity index (χ2n) is 8.72. The van der Waals surface area contributed by atoms with Gasteiger partial charge in [-0.15, -0.1) is 0 Å². The Morgan fingerprint density at radius 1 is 0.846 bits per heavy atom. The van der Waals surface area contributed by atoms with Crippen LogP contribution in [0.3, 0.4) is 0 Å². The van der Waals surface area contributed by atoms with Crippen LogP contribution < -0.4 is 0 Å². The molecule has 3 rings (SSSR count). The Morgan fingerprint density at radius 2 is 1.38 bits per heavy atom. The maximum atomic E-state index is 13.6. The molecule has 0 heterocycles. The molecule has 1 aromatic carbocycles. The zero-order chi connectivity index (χ0) is 18.5. The Morgan fingerprint density at radius 3 is 1.92 bits per heavy atom. The molecule has 1 aromatic rings. The molecule has 2 fully saturated rings. The smallest absolute Gasteiger partial charge is 0.187 e. The first-order valence-corrected chi connectivity index (χ1v) is 10.8. The predicted octanol–water partition coefficient (Wildman–Crippen LogP) is 7.33. The van der Waals surface area contributed by atoms with Crippen LogP contribution in [0.1, 0.15) is 95.5 Å². The van der Waals surface area contributed by atoms with Crippen molar-refractivity contribution in [3.05, 3.63) is 29.3 Å². The fourth-order valence-corrected chi connectivity index (χ4v) is 5.38. The quantitative estimate of drug-likeness (QED) is 0.524.